The molecule has 0 aliphatic heterocycles. The summed E-state index contributed by atoms with van der Waals surface area (Å²) in [6, 6.07) is 5.27. The van der Waals surface area contributed by atoms with Crippen molar-refractivity contribution in [2.75, 3.05) is 0 Å². The zero-order valence-electron chi connectivity index (χ0n) is 12.9. The van der Waals surface area contributed by atoms with Crippen LogP contribution in [0.25, 0.3) is 0 Å². The van der Waals surface area contributed by atoms with Crippen LogP contribution in [0.1, 0.15) is 35.9 Å². The summed E-state index contributed by atoms with van der Waals surface area (Å²) < 4.78 is 26.2. The number of halogens is 2. The monoisotopic (exact) mass is 353 g/mol. The van der Waals surface area contributed by atoms with E-state index in [2.05, 4.69) is 10.6 Å². The molecule has 24 heavy (non-hydrogen) atoms. The third-order valence-electron chi connectivity index (χ3n) is 3.41. The van der Waals surface area contributed by atoms with Crippen LogP contribution < -0.4 is 16.4 Å². The minimum atomic E-state index is -0.972. The molecule has 8 heteroatoms. The van der Waals surface area contributed by atoms with Gasteiger partial charge in [-0.25, -0.2) is 13.6 Å². The number of carbonyl (C=O) groups excluding carboxylic acids is 2. The first-order valence-corrected chi connectivity index (χ1v) is 8.08. The molecule has 5 nitrogen and oxygen atoms in total. The standard InChI is InChI=1S/C16H17F2N3O2S/c1-9(10-4-5-11(17)12(18)7-10)20-15(22)8-13(21-16(19)23)14-3-2-6-24-14/h2-7,9,13H,8H2,1H3,(H,20,22)(H3,19,21,23). The predicted octanol–water partition coefficient (Wildman–Crippen LogP) is 3.00. The molecule has 0 bridgehead atoms. The maximum Gasteiger partial charge on any atom is 0.312 e. The Morgan fingerprint density at radius 3 is 2.54 bits per heavy atom. The molecule has 2 rings (SSSR count). The van der Waals surface area contributed by atoms with Gasteiger partial charge in [0.1, 0.15) is 0 Å². The topological polar surface area (TPSA) is 84.2 Å². The summed E-state index contributed by atoms with van der Waals surface area (Å²) >= 11 is 1.39. The fourth-order valence-electron chi connectivity index (χ4n) is 2.23. The number of primary amides is 1. The highest BCUT2D eigenvalue weighted by Gasteiger charge is 2.20. The summed E-state index contributed by atoms with van der Waals surface area (Å²) in [5.41, 5.74) is 5.59. The lowest BCUT2D eigenvalue weighted by Crippen LogP contribution is -2.36. The highest BCUT2D eigenvalue weighted by atomic mass is 32.1. The molecule has 1 aromatic heterocycles. The molecule has 0 fully saturated rings. The molecule has 1 heterocycles. The third kappa shape index (κ3) is 4.76. The average Bonchev–Trinajstić information content (AvgIpc) is 3.03. The maximum atomic E-state index is 13.3. The number of thiophene rings is 1. The molecule has 4 N–H and O–H groups in total. The van der Waals surface area contributed by atoms with Gasteiger partial charge in [0.15, 0.2) is 11.6 Å². The Balaban J connectivity index is 2.02. The van der Waals surface area contributed by atoms with Gasteiger partial charge in [-0.15, -0.1) is 11.3 Å². The van der Waals surface area contributed by atoms with E-state index in [4.69, 9.17) is 5.73 Å². The van der Waals surface area contributed by atoms with Crippen LogP contribution in [-0.2, 0) is 4.79 Å². The Bertz CT molecular complexity index is 722. The first kappa shape index (κ1) is 17.9. The fraction of sp³-hybridized carbons (Fsp3) is 0.250. The molecule has 0 saturated heterocycles. The number of benzene rings is 1. The highest BCUT2D eigenvalue weighted by Crippen LogP contribution is 2.23. The largest absolute Gasteiger partial charge is 0.352 e. The second-order valence-corrected chi connectivity index (χ2v) is 6.22. The van der Waals surface area contributed by atoms with Crippen molar-refractivity contribution in [2.45, 2.75) is 25.4 Å². The van der Waals surface area contributed by atoms with E-state index < -0.39 is 29.7 Å². The lowest BCUT2D eigenvalue weighted by Gasteiger charge is -2.19. The Morgan fingerprint density at radius 1 is 1.21 bits per heavy atom. The van der Waals surface area contributed by atoms with Gasteiger partial charge in [0.2, 0.25) is 5.91 Å². The van der Waals surface area contributed by atoms with Gasteiger partial charge in [0.05, 0.1) is 18.5 Å². The Hall–Kier alpha value is -2.48. The second kappa shape index (κ2) is 7.87. The summed E-state index contributed by atoms with van der Waals surface area (Å²) in [5.74, 6) is -2.26. The van der Waals surface area contributed by atoms with Crippen LogP contribution in [0.5, 0.6) is 0 Å². The number of rotatable bonds is 6. The third-order valence-corrected chi connectivity index (χ3v) is 4.40. The van der Waals surface area contributed by atoms with Gasteiger partial charge < -0.3 is 16.4 Å². The highest BCUT2D eigenvalue weighted by molar-refractivity contribution is 7.10. The van der Waals surface area contributed by atoms with Crippen LogP contribution in [0.3, 0.4) is 0 Å². The average molecular weight is 353 g/mol. The molecule has 128 valence electrons. The molecule has 0 aliphatic carbocycles. The van der Waals surface area contributed by atoms with Crippen LogP contribution >= 0.6 is 11.3 Å². The molecule has 2 unspecified atom stereocenters. The van der Waals surface area contributed by atoms with Gasteiger partial charge in [-0.2, -0.15) is 0 Å². The number of nitrogens with one attached hydrogen (secondary N) is 2. The van der Waals surface area contributed by atoms with Crippen LogP contribution in [0.2, 0.25) is 0 Å². The van der Waals surface area contributed by atoms with E-state index in [0.29, 0.717) is 5.56 Å². The summed E-state index contributed by atoms with van der Waals surface area (Å²) in [6.45, 7) is 1.66. The van der Waals surface area contributed by atoms with Crippen LogP contribution in [0.4, 0.5) is 13.6 Å². The van der Waals surface area contributed by atoms with Crippen molar-refractivity contribution in [2.24, 2.45) is 5.73 Å². The summed E-state index contributed by atoms with van der Waals surface area (Å²) in [4.78, 5) is 24.1. The Kier molecular flexibility index (Phi) is 5.86. The molecule has 0 aliphatic rings. The number of urea groups is 1. The SMILES string of the molecule is CC(NC(=O)CC(NC(N)=O)c1cccs1)c1ccc(F)c(F)c1. The number of hydrogen-bond donors (Lipinski definition) is 3. The first-order chi connectivity index (χ1) is 11.4. The first-order valence-electron chi connectivity index (χ1n) is 7.20. The number of carbonyl (C=O) groups is 2. The Labute approximate surface area is 141 Å². The van der Waals surface area contributed by atoms with Crippen molar-refractivity contribution in [3.05, 3.63) is 57.8 Å². The Morgan fingerprint density at radius 2 is 1.96 bits per heavy atom. The molecule has 0 spiro atoms. The molecule has 2 atom stereocenters. The summed E-state index contributed by atoms with van der Waals surface area (Å²) in [7, 11) is 0. The van der Waals surface area contributed by atoms with Crippen LogP contribution in [0, 0.1) is 11.6 Å². The number of amides is 3. The second-order valence-electron chi connectivity index (χ2n) is 5.24. The quantitative estimate of drug-likeness (QED) is 0.746. The molecule has 1 aromatic carbocycles. The van der Waals surface area contributed by atoms with E-state index in [1.54, 1.807) is 19.1 Å². The lowest BCUT2D eigenvalue weighted by molar-refractivity contribution is -0.122. The van der Waals surface area contributed by atoms with Gasteiger partial charge in [0.25, 0.3) is 0 Å². The minimum absolute atomic E-state index is 0.0164. The van der Waals surface area contributed by atoms with Gasteiger partial charge in [-0.05, 0) is 36.1 Å². The van der Waals surface area contributed by atoms with Crippen LogP contribution in [-0.4, -0.2) is 11.9 Å². The van der Waals surface area contributed by atoms with Crippen molar-refractivity contribution in [1.82, 2.24) is 10.6 Å². The van der Waals surface area contributed by atoms with E-state index in [-0.39, 0.29) is 12.3 Å². The number of hydrogen-bond acceptors (Lipinski definition) is 3. The van der Waals surface area contributed by atoms with Crippen LogP contribution in [0.15, 0.2) is 35.7 Å². The van der Waals surface area contributed by atoms with Crippen molar-refractivity contribution >= 4 is 23.3 Å². The van der Waals surface area contributed by atoms with Crippen molar-refractivity contribution in [3.8, 4) is 0 Å². The lowest BCUT2D eigenvalue weighted by atomic mass is 10.1. The normalized spacial score (nSPS) is 13.1. The number of nitrogens with two attached hydrogens (primary N) is 1. The zero-order chi connectivity index (χ0) is 17.7. The van der Waals surface area contributed by atoms with Gasteiger partial charge in [0, 0.05) is 4.88 Å². The van der Waals surface area contributed by atoms with Crippen molar-refractivity contribution in [3.63, 3.8) is 0 Å². The van der Waals surface area contributed by atoms with Gasteiger partial charge in [-0.3, -0.25) is 4.79 Å². The van der Waals surface area contributed by atoms with E-state index in [1.807, 2.05) is 5.38 Å². The zero-order valence-corrected chi connectivity index (χ0v) is 13.7. The van der Waals surface area contributed by atoms with Crippen molar-refractivity contribution < 1.29 is 18.4 Å². The summed E-state index contributed by atoms with van der Waals surface area (Å²) in [6.07, 6.45) is -0.0164. The molecule has 0 radical (unpaired) electrons. The molecule has 3 amide bonds. The smallest absolute Gasteiger partial charge is 0.312 e. The molecule has 2 aromatic rings. The molecular formula is C16H17F2N3O2S. The summed E-state index contributed by atoms with van der Waals surface area (Å²) in [5, 5.41) is 7.04. The van der Waals surface area contributed by atoms with Gasteiger partial charge in [-0.1, -0.05) is 12.1 Å². The van der Waals surface area contributed by atoms with E-state index in [9.17, 15) is 18.4 Å². The molecule has 0 saturated carbocycles. The maximum absolute atomic E-state index is 13.3. The minimum Gasteiger partial charge on any atom is -0.352 e. The predicted molar refractivity (Wildman–Crippen MR) is 87.3 cm³/mol. The van der Waals surface area contributed by atoms with E-state index in [1.165, 1.54) is 17.4 Å². The van der Waals surface area contributed by atoms with E-state index >= 15 is 0 Å². The van der Waals surface area contributed by atoms with Gasteiger partial charge >= 0.3 is 6.03 Å². The fourth-order valence-corrected chi connectivity index (χ4v) is 3.01. The molecular weight excluding hydrogens is 336 g/mol. The van der Waals surface area contributed by atoms with Crippen molar-refractivity contribution in [1.29, 1.82) is 0 Å². The van der Waals surface area contributed by atoms with E-state index in [0.717, 1.165) is 17.0 Å².